The first-order chi connectivity index (χ1) is 45.3. The monoisotopic (exact) mass is 1240 g/mol. The van der Waals surface area contributed by atoms with Gasteiger partial charge in [0.1, 0.15) is 46.2 Å². The normalized spacial score (nSPS) is 11.4. The van der Waals surface area contributed by atoms with E-state index >= 15 is 0 Å². The molecule has 0 saturated heterocycles. The van der Waals surface area contributed by atoms with E-state index in [9.17, 15) is 0 Å². The van der Waals surface area contributed by atoms with Crippen molar-refractivity contribution in [2.45, 2.75) is 0 Å². The molecular formula is C80H50BClN4O4S2. The third-order valence-corrected chi connectivity index (χ3v) is 19.5. The van der Waals surface area contributed by atoms with Crippen LogP contribution < -0.4 is 5.46 Å². The van der Waals surface area contributed by atoms with E-state index in [1.54, 1.807) is 24.8 Å². The Labute approximate surface area is 541 Å². The molecule has 0 aliphatic heterocycles. The van der Waals surface area contributed by atoms with Gasteiger partial charge >= 0.3 is 7.12 Å². The van der Waals surface area contributed by atoms with E-state index in [2.05, 4.69) is 209 Å². The Morgan fingerprint density at radius 3 is 1.22 bits per heavy atom. The highest BCUT2D eigenvalue weighted by Gasteiger charge is 2.20. The third kappa shape index (κ3) is 10.6. The molecule has 6 heterocycles. The van der Waals surface area contributed by atoms with Gasteiger partial charge in [-0.1, -0.05) is 236 Å². The van der Waals surface area contributed by atoms with E-state index in [-0.39, 0.29) is 0 Å². The van der Waals surface area contributed by atoms with E-state index in [1.807, 2.05) is 95.5 Å². The summed E-state index contributed by atoms with van der Waals surface area (Å²) >= 11 is 9.89. The summed E-state index contributed by atoms with van der Waals surface area (Å²) in [6.07, 6.45) is 3.24. The van der Waals surface area contributed by atoms with Crippen LogP contribution in [0, 0.1) is 0 Å². The second-order valence-electron chi connectivity index (χ2n) is 22.4. The molecule has 92 heavy (non-hydrogen) atoms. The van der Waals surface area contributed by atoms with Gasteiger partial charge in [-0.15, -0.1) is 22.7 Å². The van der Waals surface area contributed by atoms with Gasteiger partial charge in [0.05, 0.1) is 0 Å². The number of thiophene rings is 2. The number of fused-ring (bicyclic) bond motifs is 12. The van der Waals surface area contributed by atoms with E-state index in [4.69, 9.17) is 35.5 Å². The zero-order valence-corrected chi connectivity index (χ0v) is 51.4. The fourth-order valence-corrected chi connectivity index (χ4v) is 14.9. The average molecular weight is 1240 g/mol. The lowest BCUT2D eigenvalue weighted by Gasteiger charge is -2.07. The van der Waals surface area contributed by atoms with Crippen molar-refractivity contribution in [3.05, 3.63) is 297 Å². The Kier molecular flexibility index (Phi) is 14.8. The Morgan fingerprint density at radius 2 is 0.707 bits per heavy atom. The van der Waals surface area contributed by atoms with Gasteiger partial charge in [0.15, 0.2) is 11.2 Å². The molecule has 8 nitrogen and oxygen atoms in total. The first-order valence-electron chi connectivity index (χ1n) is 30.0. The molecule has 0 amide bonds. The van der Waals surface area contributed by atoms with Gasteiger partial charge in [-0.25, -0.2) is 19.9 Å². The molecule has 12 heteroatoms. The van der Waals surface area contributed by atoms with Crippen molar-refractivity contribution in [2.75, 3.05) is 0 Å². The predicted octanol–water partition coefficient (Wildman–Crippen LogP) is 21.2. The maximum atomic E-state index is 8.94. The van der Waals surface area contributed by atoms with Gasteiger partial charge in [0.2, 0.25) is 0 Å². The zero-order chi connectivity index (χ0) is 61.7. The van der Waals surface area contributed by atoms with E-state index in [0.29, 0.717) is 21.7 Å². The van der Waals surface area contributed by atoms with Crippen LogP contribution in [0.3, 0.4) is 0 Å². The first kappa shape index (κ1) is 56.4. The van der Waals surface area contributed by atoms with Crippen LogP contribution in [0.15, 0.2) is 301 Å². The van der Waals surface area contributed by atoms with Crippen molar-refractivity contribution in [3.63, 3.8) is 0 Å². The molecular weight excluding hydrogens is 1190 g/mol. The second kappa shape index (κ2) is 24.1. The third-order valence-electron chi connectivity index (χ3n) is 16.8. The number of nitrogens with zero attached hydrogens (tertiary/aromatic N) is 4. The van der Waals surface area contributed by atoms with E-state index in [0.717, 1.165) is 88.9 Å². The fourth-order valence-electron chi connectivity index (χ4n) is 12.3. The summed E-state index contributed by atoms with van der Waals surface area (Å²) < 4.78 is 17.8. The molecule has 18 aromatic rings. The first-order valence-corrected chi connectivity index (χ1v) is 32.0. The number of benzene rings is 12. The number of halogens is 1. The maximum absolute atomic E-state index is 8.94. The van der Waals surface area contributed by atoms with Crippen LogP contribution in [0.4, 0.5) is 0 Å². The lowest BCUT2D eigenvalue weighted by molar-refractivity contribution is 0.426. The van der Waals surface area contributed by atoms with E-state index < -0.39 is 7.12 Å². The number of hydrogen-bond acceptors (Lipinski definition) is 10. The van der Waals surface area contributed by atoms with Crippen molar-refractivity contribution < 1.29 is 18.9 Å². The molecule has 12 aromatic carbocycles. The summed E-state index contributed by atoms with van der Waals surface area (Å²) in [6, 6.07) is 95.6. The molecule has 2 N–H and O–H groups in total. The van der Waals surface area contributed by atoms with Crippen LogP contribution in [0.2, 0.25) is 5.02 Å². The topological polar surface area (TPSA) is 118 Å². The van der Waals surface area contributed by atoms with Crippen LogP contribution in [-0.2, 0) is 0 Å². The Bertz CT molecular complexity index is 5770. The fraction of sp³-hybridized carbons (Fsp3) is 0. The van der Waals surface area contributed by atoms with Gasteiger partial charge in [-0.3, -0.25) is 0 Å². The standard InChI is InChI=1S/C40H24N2OS.C28H15ClN2OS.C12H11BO2/c1-2-8-25(9-3-1)26-16-18-27(19-17-26)28-20-21-35-34(23-28)38-39(43-35)37(41-24-42-38)30-11-6-10-29(22-30)31-13-7-14-33-32-12-4-5-15-36(32)44-40(31)33;29-18-11-12-23-22(14-18)26-27(32-23)25(30-15-31-26)17-6-3-5-16(13-17)19-8-4-9-21-20-7-1-2-10-24(20)33-28(19)21;14-13(15)12-8-6-11(7-9-12)10-4-2-1-3-5-10/h1-24H;1-15H;1-9,14-15H. The van der Waals surface area contributed by atoms with Crippen molar-refractivity contribution in [2.24, 2.45) is 0 Å². The van der Waals surface area contributed by atoms with Gasteiger partial charge in [0, 0.05) is 67.3 Å². The Balaban J connectivity index is 0.000000123. The van der Waals surface area contributed by atoms with Gasteiger partial charge in [-0.05, 0) is 116 Å². The summed E-state index contributed by atoms with van der Waals surface area (Å²) in [7, 11) is -1.39. The molecule has 0 unspecified atom stereocenters. The van der Waals surface area contributed by atoms with Crippen molar-refractivity contribution in [1.82, 2.24) is 19.9 Å². The molecule has 0 atom stereocenters. The smallest absolute Gasteiger partial charge is 0.452 e. The molecule has 0 spiro atoms. The highest BCUT2D eigenvalue weighted by Crippen LogP contribution is 2.44. The lowest BCUT2D eigenvalue weighted by atomic mass is 9.80. The molecule has 0 aliphatic rings. The van der Waals surface area contributed by atoms with Gasteiger partial charge < -0.3 is 18.9 Å². The van der Waals surface area contributed by atoms with Crippen LogP contribution in [-0.4, -0.2) is 37.1 Å². The molecule has 0 fully saturated rings. The highest BCUT2D eigenvalue weighted by molar-refractivity contribution is 7.26. The highest BCUT2D eigenvalue weighted by atomic mass is 35.5. The van der Waals surface area contributed by atoms with Crippen LogP contribution in [0.1, 0.15) is 0 Å². The molecule has 0 radical (unpaired) electrons. The Hall–Kier alpha value is -10.9. The van der Waals surface area contributed by atoms with Gasteiger partial charge in [0.25, 0.3) is 0 Å². The van der Waals surface area contributed by atoms with Crippen LogP contribution in [0.5, 0.6) is 0 Å². The van der Waals surface area contributed by atoms with Crippen molar-refractivity contribution in [3.8, 4) is 78.1 Å². The predicted molar refractivity (Wildman–Crippen MR) is 384 cm³/mol. The lowest BCUT2D eigenvalue weighted by Crippen LogP contribution is -2.29. The van der Waals surface area contributed by atoms with E-state index in [1.165, 1.54) is 62.6 Å². The molecule has 18 rings (SSSR count). The van der Waals surface area contributed by atoms with Gasteiger partial charge in [-0.2, -0.15) is 0 Å². The number of furan rings is 2. The van der Waals surface area contributed by atoms with Crippen LogP contribution in [0.25, 0.3) is 163 Å². The van der Waals surface area contributed by atoms with Crippen LogP contribution >= 0.6 is 34.3 Å². The summed E-state index contributed by atoms with van der Waals surface area (Å²) in [6.45, 7) is 0. The molecule has 0 aliphatic carbocycles. The quantitative estimate of drug-likeness (QED) is 0.144. The summed E-state index contributed by atoms with van der Waals surface area (Å²) in [5, 5.41) is 25.6. The maximum Gasteiger partial charge on any atom is 0.488 e. The number of hydrogen-bond donors (Lipinski definition) is 2. The number of rotatable bonds is 8. The number of aromatic nitrogens is 4. The van der Waals surface area contributed by atoms with Crippen molar-refractivity contribution in [1.29, 1.82) is 0 Å². The molecule has 0 saturated carbocycles. The second-order valence-corrected chi connectivity index (χ2v) is 24.9. The minimum Gasteiger partial charge on any atom is -0.452 e. The molecule has 6 aromatic heterocycles. The molecule has 436 valence electrons. The minimum absolute atomic E-state index is 0.509. The minimum atomic E-state index is -1.39. The zero-order valence-electron chi connectivity index (χ0n) is 49.0. The van der Waals surface area contributed by atoms with Crippen molar-refractivity contribution >= 4 is 131 Å². The summed E-state index contributed by atoms with van der Waals surface area (Å²) in [5.74, 6) is 0. The Morgan fingerprint density at radius 1 is 0.315 bits per heavy atom. The average Bonchev–Trinajstić information content (AvgIpc) is 1.70. The largest absolute Gasteiger partial charge is 0.488 e. The summed E-state index contributed by atoms with van der Waals surface area (Å²) in [4.78, 5) is 18.5. The SMILES string of the molecule is Clc1ccc2oc3c(-c4cccc(-c5cccc6c5sc5ccccc56)c4)ncnc3c2c1.OB(O)c1ccc(-c2ccccc2)cc1.c1ccc(-c2ccc(-c3ccc4oc5c(-c6cccc(-c7cccc8c7sc7ccccc78)c6)ncnc5c4c3)cc2)cc1. The molecule has 0 bridgehead atoms. The summed E-state index contributed by atoms with van der Waals surface area (Å²) in [5.41, 5.74) is 20.2.